The Morgan fingerprint density at radius 3 is 3.13 bits per heavy atom. The third kappa shape index (κ3) is 2.32. The Labute approximate surface area is 89.3 Å². The third-order valence-corrected chi connectivity index (χ3v) is 2.89. The van der Waals surface area contributed by atoms with Crippen molar-refractivity contribution >= 4 is 5.91 Å². The fourth-order valence-electron chi connectivity index (χ4n) is 2.05. The first-order valence-corrected chi connectivity index (χ1v) is 5.29. The maximum atomic E-state index is 11.3. The molecule has 0 aromatic carbocycles. The largest absolute Gasteiger partial charge is 0.342 e. The van der Waals surface area contributed by atoms with E-state index in [9.17, 15) is 4.79 Å². The number of hydrogen-bond acceptors (Lipinski definition) is 3. The molecule has 4 heteroatoms. The van der Waals surface area contributed by atoms with Crippen molar-refractivity contribution in [2.45, 2.75) is 25.7 Å². The lowest BCUT2D eigenvalue weighted by Crippen LogP contribution is -2.37. The first-order chi connectivity index (χ1) is 7.27. The van der Waals surface area contributed by atoms with Gasteiger partial charge in [-0.05, 0) is 18.9 Å². The van der Waals surface area contributed by atoms with E-state index in [2.05, 4.69) is 9.97 Å². The van der Waals surface area contributed by atoms with E-state index >= 15 is 0 Å². The molecule has 1 aromatic rings. The van der Waals surface area contributed by atoms with E-state index in [0.29, 0.717) is 5.92 Å². The summed E-state index contributed by atoms with van der Waals surface area (Å²) in [4.78, 5) is 21.3. The summed E-state index contributed by atoms with van der Waals surface area (Å²) in [5.41, 5.74) is 1.05. The summed E-state index contributed by atoms with van der Waals surface area (Å²) >= 11 is 0. The Morgan fingerprint density at radius 2 is 2.47 bits per heavy atom. The van der Waals surface area contributed by atoms with Crippen molar-refractivity contribution in [2.24, 2.45) is 0 Å². The quantitative estimate of drug-likeness (QED) is 0.692. The van der Waals surface area contributed by atoms with Crippen molar-refractivity contribution < 1.29 is 4.79 Å². The van der Waals surface area contributed by atoms with Gasteiger partial charge < -0.3 is 4.90 Å². The van der Waals surface area contributed by atoms with Crippen LogP contribution in [-0.2, 0) is 4.79 Å². The minimum Gasteiger partial charge on any atom is -0.342 e. The second kappa shape index (κ2) is 4.38. The lowest BCUT2D eigenvalue weighted by molar-refractivity contribution is -0.130. The molecule has 1 atom stereocenters. The SMILES string of the molecule is CC(=O)N1CCC[C@H](c2ccncn2)C1. The number of aromatic nitrogens is 2. The molecule has 0 saturated carbocycles. The van der Waals surface area contributed by atoms with Gasteiger partial charge in [-0.1, -0.05) is 0 Å². The summed E-state index contributed by atoms with van der Waals surface area (Å²) in [6, 6.07) is 1.94. The fraction of sp³-hybridized carbons (Fsp3) is 0.545. The van der Waals surface area contributed by atoms with Crippen LogP contribution in [0, 0.1) is 0 Å². The predicted octanol–water partition coefficient (Wildman–Crippen LogP) is 1.20. The highest BCUT2D eigenvalue weighted by Crippen LogP contribution is 2.24. The van der Waals surface area contributed by atoms with Crippen LogP contribution in [0.1, 0.15) is 31.4 Å². The molecule has 1 amide bonds. The second-order valence-corrected chi connectivity index (χ2v) is 3.94. The van der Waals surface area contributed by atoms with E-state index < -0.39 is 0 Å². The summed E-state index contributed by atoms with van der Waals surface area (Å²) < 4.78 is 0. The average molecular weight is 205 g/mol. The Morgan fingerprint density at radius 1 is 1.60 bits per heavy atom. The zero-order valence-electron chi connectivity index (χ0n) is 8.89. The Kier molecular flexibility index (Phi) is 2.94. The summed E-state index contributed by atoms with van der Waals surface area (Å²) in [5, 5.41) is 0. The van der Waals surface area contributed by atoms with Gasteiger partial charge in [0.05, 0.1) is 0 Å². The van der Waals surface area contributed by atoms with Gasteiger partial charge in [-0.2, -0.15) is 0 Å². The Bertz CT molecular complexity index is 339. The van der Waals surface area contributed by atoms with Crippen LogP contribution in [0.2, 0.25) is 0 Å². The molecule has 2 rings (SSSR count). The second-order valence-electron chi connectivity index (χ2n) is 3.94. The number of nitrogens with zero attached hydrogens (tertiary/aromatic N) is 3. The molecular formula is C11H15N3O. The molecule has 80 valence electrons. The van der Waals surface area contributed by atoms with Crippen LogP contribution < -0.4 is 0 Å². The van der Waals surface area contributed by atoms with Gasteiger partial charge in [-0.25, -0.2) is 9.97 Å². The van der Waals surface area contributed by atoms with Gasteiger partial charge in [-0.15, -0.1) is 0 Å². The van der Waals surface area contributed by atoms with Crippen LogP contribution in [0.4, 0.5) is 0 Å². The molecule has 0 radical (unpaired) electrons. The molecule has 1 aliphatic heterocycles. The molecule has 2 heterocycles. The highest BCUT2D eigenvalue weighted by Gasteiger charge is 2.23. The maximum absolute atomic E-state index is 11.3. The summed E-state index contributed by atoms with van der Waals surface area (Å²) in [6.07, 6.45) is 5.51. The minimum atomic E-state index is 0.161. The lowest BCUT2D eigenvalue weighted by atomic mass is 9.94. The van der Waals surface area contributed by atoms with Gasteiger partial charge in [0.1, 0.15) is 6.33 Å². The van der Waals surface area contributed by atoms with Crippen molar-refractivity contribution in [1.29, 1.82) is 0 Å². The van der Waals surface area contributed by atoms with Gasteiger partial charge >= 0.3 is 0 Å². The van der Waals surface area contributed by atoms with Crippen LogP contribution in [-0.4, -0.2) is 33.9 Å². The Balaban J connectivity index is 2.08. The molecule has 0 aliphatic carbocycles. The van der Waals surface area contributed by atoms with E-state index in [1.54, 1.807) is 19.4 Å². The van der Waals surface area contributed by atoms with E-state index in [0.717, 1.165) is 31.6 Å². The lowest BCUT2D eigenvalue weighted by Gasteiger charge is -2.31. The molecule has 1 saturated heterocycles. The van der Waals surface area contributed by atoms with Crippen molar-refractivity contribution in [1.82, 2.24) is 14.9 Å². The predicted molar refractivity (Wildman–Crippen MR) is 56.3 cm³/mol. The van der Waals surface area contributed by atoms with Gasteiger partial charge in [-0.3, -0.25) is 4.79 Å². The number of likely N-dealkylation sites (tertiary alicyclic amines) is 1. The monoisotopic (exact) mass is 205 g/mol. The highest BCUT2D eigenvalue weighted by atomic mass is 16.2. The Hall–Kier alpha value is -1.45. The standard InChI is InChI=1S/C11H15N3O/c1-9(15)14-6-2-3-10(7-14)11-4-5-12-8-13-11/h4-5,8,10H,2-3,6-7H2,1H3/t10-/m0/s1. The summed E-state index contributed by atoms with van der Waals surface area (Å²) in [7, 11) is 0. The van der Waals surface area contributed by atoms with Crippen LogP contribution in [0.3, 0.4) is 0 Å². The van der Waals surface area contributed by atoms with Crippen molar-refractivity contribution in [3.63, 3.8) is 0 Å². The average Bonchev–Trinajstić information content (AvgIpc) is 2.30. The topological polar surface area (TPSA) is 46.1 Å². The minimum absolute atomic E-state index is 0.161. The van der Waals surface area contributed by atoms with E-state index in [1.807, 2.05) is 11.0 Å². The van der Waals surface area contributed by atoms with Gasteiger partial charge in [0.2, 0.25) is 5.91 Å². The molecule has 1 aliphatic rings. The van der Waals surface area contributed by atoms with Crippen molar-refractivity contribution in [2.75, 3.05) is 13.1 Å². The van der Waals surface area contributed by atoms with E-state index in [-0.39, 0.29) is 5.91 Å². The van der Waals surface area contributed by atoms with E-state index in [1.165, 1.54) is 0 Å². The first kappa shape index (κ1) is 10.1. The first-order valence-electron chi connectivity index (χ1n) is 5.29. The van der Waals surface area contributed by atoms with Crippen molar-refractivity contribution in [3.8, 4) is 0 Å². The maximum Gasteiger partial charge on any atom is 0.219 e. The number of carbonyl (C=O) groups is 1. The van der Waals surface area contributed by atoms with Gasteiger partial charge in [0, 0.05) is 37.8 Å². The number of piperidine rings is 1. The number of carbonyl (C=O) groups excluding carboxylic acids is 1. The molecule has 0 bridgehead atoms. The van der Waals surface area contributed by atoms with Gasteiger partial charge in [0.25, 0.3) is 0 Å². The fourth-order valence-corrected chi connectivity index (χ4v) is 2.05. The van der Waals surface area contributed by atoms with Crippen LogP contribution in [0.15, 0.2) is 18.6 Å². The third-order valence-electron chi connectivity index (χ3n) is 2.89. The molecule has 4 nitrogen and oxygen atoms in total. The van der Waals surface area contributed by atoms with Crippen LogP contribution >= 0.6 is 0 Å². The van der Waals surface area contributed by atoms with Gasteiger partial charge in [0.15, 0.2) is 0 Å². The molecular weight excluding hydrogens is 190 g/mol. The molecule has 0 spiro atoms. The smallest absolute Gasteiger partial charge is 0.219 e. The molecule has 1 fully saturated rings. The summed E-state index contributed by atoms with van der Waals surface area (Å²) in [6.45, 7) is 3.31. The molecule has 0 unspecified atom stereocenters. The number of hydrogen-bond donors (Lipinski definition) is 0. The summed E-state index contributed by atoms with van der Waals surface area (Å²) in [5.74, 6) is 0.541. The molecule has 15 heavy (non-hydrogen) atoms. The zero-order chi connectivity index (χ0) is 10.7. The van der Waals surface area contributed by atoms with Crippen molar-refractivity contribution in [3.05, 3.63) is 24.3 Å². The van der Waals surface area contributed by atoms with E-state index in [4.69, 9.17) is 0 Å². The zero-order valence-corrected chi connectivity index (χ0v) is 8.89. The normalized spacial score (nSPS) is 21.4. The number of rotatable bonds is 1. The number of amides is 1. The molecule has 1 aromatic heterocycles. The van der Waals surface area contributed by atoms with Crippen LogP contribution in [0.5, 0.6) is 0 Å². The molecule has 0 N–H and O–H groups in total. The van der Waals surface area contributed by atoms with Crippen LogP contribution in [0.25, 0.3) is 0 Å². The highest BCUT2D eigenvalue weighted by molar-refractivity contribution is 5.73.